The van der Waals surface area contributed by atoms with Crippen molar-refractivity contribution in [3.05, 3.63) is 65.7 Å². The second-order valence-corrected chi connectivity index (χ2v) is 5.72. The van der Waals surface area contributed by atoms with Crippen LogP contribution >= 0.6 is 0 Å². The minimum atomic E-state index is 0.0577. The fourth-order valence-corrected chi connectivity index (χ4v) is 2.55. The van der Waals surface area contributed by atoms with Crippen LogP contribution < -0.4 is 10.1 Å². The average molecular weight is 283 g/mol. The van der Waals surface area contributed by atoms with Gasteiger partial charge in [0.1, 0.15) is 11.9 Å². The molecular weight excluding hydrogens is 258 g/mol. The number of likely N-dealkylation sites (N-methyl/N-ethyl adjacent to an activating group) is 1. The Hall–Kier alpha value is -1.80. The Morgan fingerprint density at radius 2 is 1.43 bits per heavy atom. The molecule has 0 aliphatic rings. The lowest BCUT2D eigenvalue weighted by molar-refractivity contribution is 0.175. The Bertz CT molecular complexity index is 533. The first-order valence-electron chi connectivity index (χ1n) is 7.60. The zero-order valence-electron chi connectivity index (χ0n) is 13.3. The van der Waals surface area contributed by atoms with Gasteiger partial charge >= 0.3 is 0 Å². The van der Waals surface area contributed by atoms with Gasteiger partial charge in [0.25, 0.3) is 0 Å². The fraction of sp³-hybridized carbons (Fsp3) is 0.368. The highest BCUT2D eigenvalue weighted by Crippen LogP contribution is 2.23. The molecule has 0 spiro atoms. The van der Waals surface area contributed by atoms with Crippen LogP contribution in [0, 0.1) is 0 Å². The third-order valence-corrected chi connectivity index (χ3v) is 3.81. The number of hydrogen-bond acceptors (Lipinski definition) is 2. The minimum absolute atomic E-state index is 0.0577. The second-order valence-electron chi connectivity index (χ2n) is 5.72. The summed E-state index contributed by atoms with van der Waals surface area (Å²) in [6, 6.07) is 19.0. The number of rotatable bonds is 6. The molecule has 2 aromatic carbocycles. The van der Waals surface area contributed by atoms with Crippen LogP contribution in [0.25, 0.3) is 0 Å². The van der Waals surface area contributed by atoms with Crippen LogP contribution in [-0.2, 0) is 0 Å². The van der Waals surface area contributed by atoms with Gasteiger partial charge in [0.2, 0.25) is 0 Å². The third kappa shape index (κ3) is 4.08. The van der Waals surface area contributed by atoms with E-state index < -0.39 is 0 Å². The van der Waals surface area contributed by atoms with E-state index in [-0.39, 0.29) is 12.1 Å². The highest BCUT2D eigenvalue weighted by atomic mass is 16.5. The first-order valence-corrected chi connectivity index (χ1v) is 7.60. The van der Waals surface area contributed by atoms with E-state index >= 15 is 0 Å². The van der Waals surface area contributed by atoms with Crippen molar-refractivity contribution in [1.29, 1.82) is 0 Å². The smallest absolute Gasteiger partial charge is 0.119 e. The molecule has 0 aromatic heterocycles. The van der Waals surface area contributed by atoms with E-state index in [1.807, 2.05) is 13.1 Å². The molecular formula is C19H25NO. The molecule has 2 aromatic rings. The van der Waals surface area contributed by atoms with Crippen molar-refractivity contribution in [1.82, 2.24) is 5.32 Å². The normalized spacial score (nSPS) is 14.0. The summed E-state index contributed by atoms with van der Waals surface area (Å²) in [6.45, 7) is 6.50. The van der Waals surface area contributed by atoms with E-state index in [2.05, 4.69) is 74.6 Å². The monoisotopic (exact) mass is 283 g/mol. The van der Waals surface area contributed by atoms with Crippen LogP contribution in [0.15, 0.2) is 54.6 Å². The molecule has 0 saturated heterocycles. The SMILES string of the molecule is CNC(c1ccccc1)C(C)Oc1ccc(C(C)C)cc1. The largest absolute Gasteiger partial charge is 0.489 e. The molecule has 21 heavy (non-hydrogen) atoms. The van der Waals surface area contributed by atoms with Crippen molar-refractivity contribution in [3.8, 4) is 5.75 Å². The summed E-state index contributed by atoms with van der Waals surface area (Å²) >= 11 is 0. The minimum Gasteiger partial charge on any atom is -0.489 e. The topological polar surface area (TPSA) is 21.3 Å². The number of nitrogens with one attached hydrogen (secondary N) is 1. The molecule has 0 heterocycles. The molecule has 1 N–H and O–H groups in total. The maximum absolute atomic E-state index is 6.09. The first kappa shape index (κ1) is 15.6. The molecule has 2 heteroatoms. The van der Waals surface area contributed by atoms with Gasteiger partial charge in [-0.2, -0.15) is 0 Å². The van der Waals surface area contributed by atoms with Crippen molar-refractivity contribution in [2.75, 3.05) is 7.05 Å². The molecule has 2 unspecified atom stereocenters. The van der Waals surface area contributed by atoms with Crippen molar-refractivity contribution in [2.24, 2.45) is 0 Å². The first-order chi connectivity index (χ1) is 10.1. The summed E-state index contributed by atoms with van der Waals surface area (Å²) in [4.78, 5) is 0. The van der Waals surface area contributed by atoms with Gasteiger partial charge < -0.3 is 10.1 Å². The van der Waals surface area contributed by atoms with Crippen LogP contribution in [0.2, 0.25) is 0 Å². The predicted octanol–water partition coefficient (Wildman–Crippen LogP) is 4.54. The highest BCUT2D eigenvalue weighted by Gasteiger charge is 2.18. The molecule has 0 saturated carbocycles. The van der Waals surface area contributed by atoms with E-state index in [1.165, 1.54) is 11.1 Å². The molecule has 0 aliphatic heterocycles. The van der Waals surface area contributed by atoms with Gasteiger partial charge in [-0.05, 0) is 43.1 Å². The average Bonchev–Trinajstić information content (AvgIpc) is 2.49. The van der Waals surface area contributed by atoms with E-state index in [4.69, 9.17) is 4.74 Å². The van der Waals surface area contributed by atoms with Crippen molar-refractivity contribution in [2.45, 2.75) is 38.8 Å². The molecule has 2 nitrogen and oxygen atoms in total. The maximum Gasteiger partial charge on any atom is 0.119 e. The maximum atomic E-state index is 6.09. The molecule has 2 rings (SSSR count). The van der Waals surface area contributed by atoms with Crippen LogP contribution in [0.3, 0.4) is 0 Å². The van der Waals surface area contributed by atoms with E-state index in [0.29, 0.717) is 5.92 Å². The summed E-state index contributed by atoms with van der Waals surface area (Å²) in [7, 11) is 1.97. The molecule has 0 fully saturated rings. The Morgan fingerprint density at radius 3 is 1.95 bits per heavy atom. The van der Waals surface area contributed by atoms with Gasteiger partial charge in [0.15, 0.2) is 0 Å². The standard InChI is InChI=1S/C19H25NO/c1-14(2)16-10-12-18(13-11-16)21-15(3)19(20-4)17-8-6-5-7-9-17/h5-15,19-20H,1-4H3. The Morgan fingerprint density at radius 1 is 0.810 bits per heavy atom. The zero-order valence-corrected chi connectivity index (χ0v) is 13.3. The molecule has 0 radical (unpaired) electrons. The van der Waals surface area contributed by atoms with Crippen molar-refractivity contribution in [3.63, 3.8) is 0 Å². The number of ether oxygens (including phenoxy) is 1. The second kappa shape index (κ2) is 7.28. The number of benzene rings is 2. The fourth-order valence-electron chi connectivity index (χ4n) is 2.55. The summed E-state index contributed by atoms with van der Waals surface area (Å²) in [5, 5.41) is 3.34. The van der Waals surface area contributed by atoms with Crippen LogP contribution in [-0.4, -0.2) is 13.2 Å². The zero-order chi connectivity index (χ0) is 15.2. The van der Waals surface area contributed by atoms with Crippen molar-refractivity contribution < 1.29 is 4.74 Å². The summed E-state index contributed by atoms with van der Waals surface area (Å²) in [5.74, 6) is 1.47. The molecule has 112 valence electrons. The quantitative estimate of drug-likeness (QED) is 0.840. The Kier molecular flexibility index (Phi) is 5.40. The van der Waals surface area contributed by atoms with E-state index in [9.17, 15) is 0 Å². The molecule has 0 amide bonds. The van der Waals surface area contributed by atoms with Crippen LogP contribution in [0.1, 0.15) is 43.9 Å². The lowest BCUT2D eigenvalue weighted by Crippen LogP contribution is -2.31. The van der Waals surface area contributed by atoms with E-state index in [1.54, 1.807) is 0 Å². The molecule has 2 atom stereocenters. The van der Waals surface area contributed by atoms with Gasteiger partial charge in [0.05, 0.1) is 6.04 Å². The summed E-state index contributed by atoms with van der Waals surface area (Å²) in [5.41, 5.74) is 2.58. The molecule has 0 aliphatic carbocycles. The van der Waals surface area contributed by atoms with Gasteiger partial charge in [-0.1, -0.05) is 56.3 Å². The van der Waals surface area contributed by atoms with Crippen molar-refractivity contribution >= 4 is 0 Å². The Labute approximate surface area is 128 Å². The lowest BCUT2D eigenvalue weighted by Gasteiger charge is -2.25. The van der Waals surface area contributed by atoms with Gasteiger partial charge in [-0.25, -0.2) is 0 Å². The summed E-state index contributed by atoms with van der Waals surface area (Å²) < 4.78 is 6.09. The third-order valence-electron chi connectivity index (χ3n) is 3.81. The number of hydrogen-bond donors (Lipinski definition) is 1. The van der Waals surface area contributed by atoms with E-state index in [0.717, 1.165) is 5.75 Å². The van der Waals surface area contributed by atoms with Gasteiger partial charge in [-0.15, -0.1) is 0 Å². The summed E-state index contributed by atoms with van der Waals surface area (Å²) in [6.07, 6.45) is 0.0577. The predicted molar refractivity (Wildman–Crippen MR) is 88.9 cm³/mol. The highest BCUT2D eigenvalue weighted by molar-refractivity contribution is 5.29. The molecule has 0 bridgehead atoms. The Balaban J connectivity index is 2.07. The van der Waals surface area contributed by atoms with Crippen LogP contribution in [0.4, 0.5) is 0 Å². The lowest BCUT2D eigenvalue weighted by atomic mass is 10.0. The van der Waals surface area contributed by atoms with Gasteiger partial charge in [0, 0.05) is 0 Å². The van der Waals surface area contributed by atoms with Crippen LogP contribution in [0.5, 0.6) is 5.75 Å². The van der Waals surface area contributed by atoms with Gasteiger partial charge in [-0.3, -0.25) is 0 Å².